The first kappa shape index (κ1) is 20.4. The summed E-state index contributed by atoms with van der Waals surface area (Å²) in [5, 5.41) is 10.2. The first-order chi connectivity index (χ1) is 15.1. The molecule has 5 aromatic rings. The van der Waals surface area contributed by atoms with Gasteiger partial charge in [-0.2, -0.15) is 0 Å². The van der Waals surface area contributed by atoms with Gasteiger partial charge in [0.25, 0.3) is 0 Å². The predicted octanol–water partition coefficient (Wildman–Crippen LogP) is 8.53. The van der Waals surface area contributed by atoms with Gasteiger partial charge in [-0.25, -0.2) is 0 Å². The number of fused-ring (bicyclic) bond motifs is 2. The lowest BCUT2D eigenvalue weighted by Gasteiger charge is -2.16. The molecule has 0 aliphatic heterocycles. The van der Waals surface area contributed by atoms with Crippen molar-refractivity contribution in [2.24, 2.45) is 10.8 Å². The fraction of sp³-hybridized carbons (Fsp3) is 0.250. The standard InChI is InChI=1S/C32H28/c1-31(2,3)19-17-21-13-15-27-28-16-14-22(18-20-32(4,5)6)24-10-8-12-26(30(24)28)25-11-7-9-23(21)29(25)27/h7-16H,1-6H3. The minimum Gasteiger partial charge on any atom is -0.0919 e. The summed E-state index contributed by atoms with van der Waals surface area (Å²) < 4.78 is 0. The molecule has 5 aromatic carbocycles. The SMILES string of the molecule is CC(C)(C)C#Cc1ccc2c3ccc(C#CC(C)(C)C)c4cccc(c5cccc1c52)c43. The van der Waals surface area contributed by atoms with Crippen LogP contribution in [0.1, 0.15) is 52.7 Å². The Bertz CT molecular complexity index is 1480. The van der Waals surface area contributed by atoms with Crippen LogP contribution in [0.3, 0.4) is 0 Å². The number of hydrogen-bond acceptors (Lipinski definition) is 0. The Morgan fingerprint density at radius 1 is 0.438 bits per heavy atom. The van der Waals surface area contributed by atoms with Crippen molar-refractivity contribution in [1.29, 1.82) is 0 Å². The van der Waals surface area contributed by atoms with Crippen molar-refractivity contribution in [2.45, 2.75) is 41.5 Å². The summed E-state index contributed by atoms with van der Waals surface area (Å²) in [7, 11) is 0. The van der Waals surface area contributed by atoms with Gasteiger partial charge in [-0.1, -0.05) is 72.2 Å². The van der Waals surface area contributed by atoms with E-state index < -0.39 is 0 Å². The lowest BCUT2D eigenvalue weighted by atomic mass is 9.87. The highest BCUT2D eigenvalue weighted by molar-refractivity contribution is 6.33. The zero-order valence-corrected chi connectivity index (χ0v) is 19.8. The molecule has 0 unspecified atom stereocenters. The van der Waals surface area contributed by atoms with E-state index in [9.17, 15) is 0 Å². The summed E-state index contributed by atoms with van der Waals surface area (Å²) in [5.74, 6) is 13.7. The molecule has 0 nitrogen and oxygen atoms in total. The fourth-order valence-electron chi connectivity index (χ4n) is 4.44. The molecule has 0 aromatic heterocycles. The maximum Gasteiger partial charge on any atom is 0.0324 e. The third kappa shape index (κ3) is 3.47. The molecule has 0 atom stereocenters. The second-order valence-electron chi connectivity index (χ2n) is 10.8. The van der Waals surface area contributed by atoms with Gasteiger partial charge in [-0.15, -0.1) is 0 Å². The predicted molar refractivity (Wildman–Crippen MR) is 140 cm³/mol. The van der Waals surface area contributed by atoms with Crippen LogP contribution in [0, 0.1) is 34.5 Å². The van der Waals surface area contributed by atoms with Crippen molar-refractivity contribution >= 4 is 43.1 Å². The van der Waals surface area contributed by atoms with Crippen LogP contribution in [0.2, 0.25) is 0 Å². The maximum atomic E-state index is 3.45. The van der Waals surface area contributed by atoms with Crippen LogP contribution in [0.5, 0.6) is 0 Å². The van der Waals surface area contributed by atoms with Crippen LogP contribution in [0.4, 0.5) is 0 Å². The fourth-order valence-corrected chi connectivity index (χ4v) is 4.44. The van der Waals surface area contributed by atoms with Gasteiger partial charge >= 0.3 is 0 Å². The summed E-state index contributed by atoms with van der Waals surface area (Å²) in [5.41, 5.74) is 2.15. The van der Waals surface area contributed by atoms with Gasteiger partial charge < -0.3 is 0 Å². The van der Waals surface area contributed by atoms with Gasteiger partial charge in [0, 0.05) is 22.0 Å². The van der Waals surface area contributed by atoms with E-state index in [4.69, 9.17) is 0 Å². The Hall–Kier alpha value is -3.48. The number of rotatable bonds is 0. The van der Waals surface area contributed by atoms with Gasteiger partial charge in [0.05, 0.1) is 0 Å². The monoisotopic (exact) mass is 412 g/mol. The molecule has 156 valence electrons. The average Bonchev–Trinajstić information content (AvgIpc) is 2.73. The second kappa shape index (κ2) is 7.02. The molecule has 0 bridgehead atoms. The summed E-state index contributed by atoms with van der Waals surface area (Å²) in [6, 6.07) is 22.1. The molecule has 0 saturated carbocycles. The lowest BCUT2D eigenvalue weighted by Crippen LogP contribution is -1.99. The van der Waals surface area contributed by atoms with Crippen molar-refractivity contribution in [3.8, 4) is 23.7 Å². The molecule has 0 amide bonds. The zero-order chi connectivity index (χ0) is 22.7. The summed E-state index contributed by atoms with van der Waals surface area (Å²) in [6.45, 7) is 12.9. The van der Waals surface area contributed by atoms with Crippen LogP contribution in [-0.4, -0.2) is 0 Å². The van der Waals surface area contributed by atoms with Gasteiger partial charge in [0.2, 0.25) is 0 Å². The first-order valence-corrected chi connectivity index (χ1v) is 11.3. The van der Waals surface area contributed by atoms with Crippen molar-refractivity contribution in [3.63, 3.8) is 0 Å². The molecule has 0 saturated heterocycles. The van der Waals surface area contributed by atoms with Gasteiger partial charge in [0.1, 0.15) is 0 Å². The van der Waals surface area contributed by atoms with Crippen molar-refractivity contribution in [2.75, 3.05) is 0 Å². The molecule has 0 N–H and O–H groups in total. The minimum atomic E-state index is -0.0254. The van der Waals surface area contributed by atoms with E-state index in [2.05, 4.69) is 126 Å². The summed E-state index contributed by atoms with van der Waals surface area (Å²) >= 11 is 0. The van der Waals surface area contributed by atoms with Gasteiger partial charge in [0.15, 0.2) is 0 Å². The highest BCUT2D eigenvalue weighted by atomic mass is 14.2. The lowest BCUT2D eigenvalue weighted by molar-refractivity contribution is 0.570. The van der Waals surface area contributed by atoms with E-state index in [-0.39, 0.29) is 10.8 Å². The van der Waals surface area contributed by atoms with E-state index in [0.717, 1.165) is 11.1 Å². The maximum absolute atomic E-state index is 3.45. The molecule has 32 heavy (non-hydrogen) atoms. The van der Waals surface area contributed by atoms with Crippen LogP contribution < -0.4 is 0 Å². The highest BCUT2D eigenvalue weighted by Gasteiger charge is 2.15. The molecule has 0 radical (unpaired) electrons. The highest BCUT2D eigenvalue weighted by Crippen LogP contribution is 2.41. The van der Waals surface area contributed by atoms with Gasteiger partial charge in [-0.3, -0.25) is 0 Å². The third-order valence-electron chi connectivity index (χ3n) is 5.81. The molecule has 0 aliphatic carbocycles. The Labute approximate surface area is 191 Å². The van der Waals surface area contributed by atoms with Crippen molar-refractivity contribution < 1.29 is 0 Å². The van der Waals surface area contributed by atoms with Crippen LogP contribution >= 0.6 is 0 Å². The Kier molecular flexibility index (Phi) is 4.48. The van der Waals surface area contributed by atoms with Gasteiger partial charge in [-0.05, 0) is 96.8 Å². The largest absolute Gasteiger partial charge is 0.0919 e. The molecule has 5 rings (SSSR count). The molecule has 0 fully saturated rings. The van der Waals surface area contributed by atoms with Crippen molar-refractivity contribution in [1.82, 2.24) is 0 Å². The molecule has 0 heteroatoms. The van der Waals surface area contributed by atoms with E-state index in [1.54, 1.807) is 0 Å². The normalized spacial score (nSPS) is 12.2. The smallest absolute Gasteiger partial charge is 0.0324 e. The van der Waals surface area contributed by atoms with Crippen molar-refractivity contribution in [3.05, 3.63) is 71.8 Å². The topological polar surface area (TPSA) is 0 Å². The van der Waals surface area contributed by atoms with E-state index in [1.807, 2.05) is 0 Å². The Balaban J connectivity index is 1.91. The summed E-state index contributed by atoms with van der Waals surface area (Å²) in [6.07, 6.45) is 0. The number of hydrogen-bond donors (Lipinski definition) is 0. The Morgan fingerprint density at radius 2 is 0.781 bits per heavy atom. The van der Waals surface area contributed by atoms with E-state index in [0.29, 0.717) is 0 Å². The van der Waals surface area contributed by atoms with E-state index in [1.165, 1.54) is 43.1 Å². The van der Waals surface area contributed by atoms with E-state index >= 15 is 0 Å². The molecule has 0 heterocycles. The average molecular weight is 413 g/mol. The zero-order valence-electron chi connectivity index (χ0n) is 19.8. The third-order valence-corrected chi connectivity index (χ3v) is 5.81. The summed E-state index contributed by atoms with van der Waals surface area (Å²) in [4.78, 5) is 0. The molecular weight excluding hydrogens is 384 g/mol. The quantitative estimate of drug-likeness (QED) is 0.136. The van der Waals surface area contributed by atoms with Crippen LogP contribution in [-0.2, 0) is 0 Å². The second-order valence-corrected chi connectivity index (χ2v) is 10.8. The minimum absolute atomic E-state index is 0.0254. The van der Waals surface area contributed by atoms with Crippen LogP contribution in [0.15, 0.2) is 60.7 Å². The number of benzene rings is 5. The molecule has 0 spiro atoms. The van der Waals surface area contributed by atoms with Crippen LogP contribution in [0.25, 0.3) is 43.1 Å². The molecular formula is C32H28. The Morgan fingerprint density at radius 3 is 1.16 bits per heavy atom. The first-order valence-electron chi connectivity index (χ1n) is 11.3. The molecule has 0 aliphatic rings.